The predicted octanol–water partition coefficient (Wildman–Crippen LogP) is 0.507. The summed E-state index contributed by atoms with van der Waals surface area (Å²) in [5.41, 5.74) is 7.10. The molecule has 0 aromatic heterocycles. The lowest BCUT2D eigenvalue weighted by Gasteiger charge is -2.31. The maximum atomic E-state index is 12.0. The zero-order chi connectivity index (χ0) is 14.5. The molecule has 6 heteroatoms. The summed E-state index contributed by atoms with van der Waals surface area (Å²) in [6.45, 7) is 4.32. The van der Waals surface area contributed by atoms with Crippen molar-refractivity contribution in [2.75, 3.05) is 45.1 Å². The van der Waals surface area contributed by atoms with Gasteiger partial charge in [-0.25, -0.2) is 0 Å². The van der Waals surface area contributed by atoms with Gasteiger partial charge in [-0.1, -0.05) is 12.2 Å². The van der Waals surface area contributed by atoms with Crippen molar-refractivity contribution in [2.45, 2.75) is 0 Å². The molecule has 3 N–H and O–H groups in total. The molecule has 0 unspecified atom stereocenters. The normalized spacial score (nSPS) is 16.9. The molecule has 2 rings (SSSR count). The van der Waals surface area contributed by atoms with E-state index in [1.54, 1.807) is 0 Å². The van der Waals surface area contributed by atoms with Gasteiger partial charge in [0.05, 0.1) is 6.54 Å². The molecule has 5 nitrogen and oxygen atoms in total. The van der Waals surface area contributed by atoms with Crippen molar-refractivity contribution in [2.24, 2.45) is 5.73 Å². The van der Waals surface area contributed by atoms with Crippen LogP contribution in [0, 0.1) is 0 Å². The maximum Gasteiger partial charge on any atom is 0.238 e. The Morgan fingerprint density at radius 1 is 1.25 bits per heavy atom. The van der Waals surface area contributed by atoms with Gasteiger partial charge in [0.25, 0.3) is 0 Å². The summed E-state index contributed by atoms with van der Waals surface area (Å²) in [5.74, 6) is 0.0117. The van der Waals surface area contributed by atoms with E-state index in [-0.39, 0.29) is 5.91 Å². The van der Waals surface area contributed by atoms with E-state index >= 15 is 0 Å². The molecule has 108 valence electrons. The zero-order valence-electron chi connectivity index (χ0n) is 11.6. The first kappa shape index (κ1) is 14.9. The van der Waals surface area contributed by atoms with Crippen LogP contribution in [0.2, 0.25) is 0 Å². The molecule has 0 aliphatic carbocycles. The van der Waals surface area contributed by atoms with Crippen LogP contribution in [-0.4, -0.2) is 60.5 Å². The summed E-state index contributed by atoms with van der Waals surface area (Å²) in [7, 11) is 2.10. The molecule has 1 heterocycles. The molecule has 0 radical (unpaired) electrons. The van der Waals surface area contributed by atoms with E-state index in [2.05, 4.69) is 22.2 Å². The fourth-order valence-corrected chi connectivity index (χ4v) is 2.26. The lowest BCUT2D eigenvalue weighted by atomic mass is 10.2. The number of nitrogens with two attached hydrogens (primary N) is 1. The summed E-state index contributed by atoms with van der Waals surface area (Å²) >= 11 is 4.89. The summed E-state index contributed by atoms with van der Waals surface area (Å²) in [6, 6.07) is 7.26. The molecule has 1 fully saturated rings. The first-order chi connectivity index (χ1) is 9.54. The summed E-state index contributed by atoms with van der Waals surface area (Å²) in [4.78, 5) is 16.8. The van der Waals surface area contributed by atoms with Crippen LogP contribution in [-0.2, 0) is 4.79 Å². The fourth-order valence-electron chi connectivity index (χ4n) is 2.13. The molecule has 0 saturated carbocycles. The molecule has 1 amide bonds. The lowest BCUT2D eigenvalue weighted by molar-refractivity contribution is -0.117. The molecule has 1 saturated heterocycles. The molecule has 20 heavy (non-hydrogen) atoms. The Morgan fingerprint density at radius 2 is 1.85 bits per heavy atom. The third kappa shape index (κ3) is 4.26. The van der Waals surface area contributed by atoms with Crippen molar-refractivity contribution in [1.82, 2.24) is 9.80 Å². The predicted molar refractivity (Wildman–Crippen MR) is 84.9 cm³/mol. The second kappa shape index (κ2) is 6.78. The average molecular weight is 292 g/mol. The van der Waals surface area contributed by atoms with Crippen LogP contribution >= 0.6 is 12.2 Å². The second-order valence-electron chi connectivity index (χ2n) is 5.07. The molecule has 0 bridgehead atoms. The van der Waals surface area contributed by atoms with Crippen molar-refractivity contribution < 1.29 is 4.79 Å². The van der Waals surface area contributed by atoms with E-state index in [4.69, 9.17) is 18.0 Å². The van der Waals surface area contributed by atoms with Crippen molar-refractivity contribution in [3.8, 4) is 0 Å². The van der Waals surface area contributed by atoms with E-state index in [1.807, 2.05) is 24.3 Å². The Labute approximate surface area is 124 Å². The number of carbonyl (C=O) groups is 1. The Morgan fingerprint density at radius 3 is 2.40 bits per heavy atom. The van der Waals surface area contributed by atoms with Gasteiger partial charge in [0.15, 0.2) is 0 Å². The molecular formula is C14H20N4OS. The number of anilines is 1. The molecule has 1 aliphatic rings. The van der Waals surface area contributed by atoms with Crippen LogP contribution in [0.25, 0.3) is 0 Å². The highest BCUT2D eigenvalue weighted by atomic mass is 32.1. The number of piperazine rings is 1. The molecule has 0 atom stereocenters. The number of hydrogen-bond acceptors (Lipinski definition) is 4. The van der Waals surface area contributed by atoms with Gasteiger partial charge in [-0.15, -0.1) is 0 Å². The van der Waals surface area contributed by atoms with Crippen LogP contribution in [0.4, 0.5) is 5.69 Å². The number of nitrogens with zero attached hydrogens (tertiary/aromatic N) is 2. The van der Waals surface area contributed by atoms with E-state index in [0.29, 0.717) is 11.5 Å². The minimum Gasteiger partial charge on any atom is -0.389 e. The first-order valence-corrected chi connectivity index (χ1v) is 7.06. The maximum absolute atomic E-state index is 12.0. The van der Waals surface area contributed by atoms with Crippen molar-refractivity contribution in [1.29, 1.82) is 0 Å². The van der Waals surface area contributed by atoms with Crippen LogP contribution in [0.3, 0.4) is 0 Å². The number of likely N-dealkylation sites (N-methyl/N-ethyl adjacent to an activating group) is 1. The lowest BCUT2D eigenvalue weighted by Crippen LogP contribution is -2.47. The van der Waals surface area contributed by atoms with Crippen molar-refractivity contribution >= 4 is 28.8 Å². The topological polar surface area (TPSA) is 61.6 Å². The smallest absolute Gasteiger partial charge is 0.238 e. The molecule has 1 aromatic carbocycles. The van der Waals surface area contributed by atoms with Gasteiger partial charge >= 0.3 is 0 Å². The first-order valence-electron chi connectivity index (χ1n) is 6.65. The largest absolute Gasteiger partial charge is 0.389 e. The summed E-state index contributed by atoms with van der Waals surface area (Å²) in [6.07, 6.45) is 0. The Kier molecular flexibility index (Phi) is 5.05. The van der Waals surface area contributed by atoms with Crippen molar-refractivity contribution in [3.63, 3.8) is 0 Å². The second-order valence-corrected chi connectivity index (χ2v) is 5.51. The SMILES string of the molecule is CN1CCN(CC(=O)Nc2ccc(C(N)=S)cc2)CC1. The number of rotatable bonds is 4. The summed E-state index contributed by atoms with van der Waals surface area (Å²) in [5, 5.41) is 2.89. The van der Waals surface area contributed by atoms with Crippen LogP contribution in [0.15, 0.2) is 24.3 Å². The van der Waals surface area contributed by atoms with Gasteiger partial charge in [0.2, 0.25) is 5.91 Å². The number of hydrogen-bond donors (Lipinski definition) is 2. The number of thiocarbonyl (C=S) groups is 1. The monoisotopic (exact) mass is 292 g/mol. The average Bonchev–Trinajstić information content (AvgIpc) is 2.42. The highest BCUT2D eigenvalue weighted by Crippen LogP contribution is 2.09. The minimum atomic E-state index is 0.0117. The van der Waals surface area contributed by atoms with Gasteiger partial charge in [0, 0.05) is 37.4 Å². The third-order valence-corrected chi connectivity index (χ3v) is 3.65. The van der Waals surface area contributed by atoms with Gasteiger partial charge < -0.3 is 16.0 Å². The van der Waals surface area contributed by atoms with Crippen molar-refractivity contribution in [3.05, 3.63) is 29.8 Å². The van der Waals surface area contributed by atoms with E-state index in [1.165, 1.54) is 0 Å². The van der Waals surface area contributed by atoms with Gasteiger partial charge in [0.1, 0.15) is 4.99 Å². The van der Waals surface area contributed by atoms with Gasteiger partial charge in [-0.3, -0.25) is 9.69 Å². The Bertz CT molecular complexity index is 480. The minimum absolute atomic E-state index is 0.0117. The van der Waals surface area contributed by atoms with Crippen LogP contribution in [0.1, 0.15) is 5.56 Å². The van der Waals surface area contributed by atoms with E-state index in [0.717, 1.165) is 37.4 Å². The number of benzene rings is 1. The highest BCUT2D eigenvalue weighted by molar-refractivity contribution is 7.80. The number of nitrogens with one attached hydrogen (secondary N) is 1. The zero-order valence-corrected chi connectivity index (χ0v) is 12.4. The van der Waals surface area contributed by atoms with Gasteiger partial charge in [-0.2, -0.15) is 0 Å². The van der Waals surface area contributed by atoms with E-state index < -0.39 is 0 Å². The number of amides is 1. The van der Waals surface area contributed by atoms with E-state index in [9.17, 15) is 4.79 Å². The standard InChI is InChI=1S/C14H20N4OS/c1-17-6-8-18(9-7-17)10-13(19)16-12-4-2-11(3-5-12)14(15)20/h2-5H,6-10H2,1H3,(H2,15,20)(H,16,19). The highest BCUT2D eigenvalue weighted by Gasteiger charge is 2.16. The van der Waals surface area contributed by atoms with Gasteiger partial charge in [-0.05, 0) is 31.3 Å². The third-order valence-electron chi connectivity index (χ3n) is 3.42. The fraction of sp³-hybridized carbons (Fsp3) is 0.429. The summed E-state index contributed by atoms with van der Waals surface area (Å²) < 4.78 is 0. The van der Waals surface area contributed by atoms with Crippen LogP contribution < -0.4 is 11.1 Å². The number of carbonyl (C=O) groups excluding carboxylic acids is 1. The molecule has 1 aliphatic heterocycles. The Hall–Kier alpha value is -1.50. The molecular weight excluding hydrogens is 272 g/mol. The Balaban J connectivity index is 1.83. The molecule has 1 aromatic rings. The quantitative estimate of drug-likeness (QED) is 0.792. The van der Waals surface area contributed by atoms with Crippen LogP contribution in [0.5, 0.6) is 0 Å². The molecule has 0 spiro atoms.